The molecule has 1 atom stereocenters. The quantitative estimate of drug-likeness (QED) is 0.503. The molecular weight excluding hydrogens is 484 g/mol. The Morgan fingerprint density at radius 2 is 1.84 bits per heavy atom. The Morgan fingerprint density at radius 1 is 1.14 bits per heavy atom. The molecule has 1 saturated carbocycles. The number of carboxylic acids is 1. The van der Waals surface area contributed by atoms with Gasteiger partial charge in [0.25, 0.3) is 0 Å². The van der Waals surface area contributed by atoms with Crippen LogP contribution in [-0.4, -0.2) is 40.3 Å². The lowest BCUT2D eigenvalue weighted by Crippen LogP contribution is -2.42. The molecule has 1 amide bonds. The molecule has 1 fully saturated rings. The lowest BCUT2D eigenvalue weighted by molar-refractivity contribution is -0.123. The summed E-state index contributed by atoms with van der Waals surface area (Å²) in [5, 5.41) is 10.0. The van der Waals surface area contributed by atoms with Crippen LogP contribution in [0, 0.1) is 11.8 Å². The third-order valence-corrected chi connectivity index (χ3v) is 8.71. The predicted octanol–water partition coefficient (Wildman–Crippen LogP) is 5.81. The van der Waals surface area contributed by atoms with Gasteiger partial charge in [-0.3, -0.25) is 9.79 Å². The van der Waals surface area contributed by atoms with Crippen LogP contribution in [0.1, 0.15) is 67.7 Å². The number of nitrogens with two attached hydrogens (primary N) is 1. The van der Waals surface area contributed by atoms with Crippen LogP contribution in [0.25, 0.3) is 10.4 Å². The van der Waals surface area contributed by atoms with E-state index in [1.54, 1.807) is 4.90 Å². The average Bonchev–Trinajstić information content (AvgIpc) is 3.49. The van der Waals surface area contributed by atoms with Crippen LogP contribution in [0.4, 0.5) is 5.69 Å². The van der Waals surface area contributed by atoms with E-state index < -0.39 is 5.97 Å². The normalized spacial score (nSPS) is 23.0. The third kappa shape index (κ3) is 5.07. The fourth-order valence-electron chi connectivity index (χ4n) is 5.47. The van der Waals surface area contributed by atoms with Crippen LogP contribution in [-0.2, 0) is 4.79 Å². The summed E-state index contributed by atoms with van der Waals surface area (Å²) >= 11 is 1.23. The number of amidine groups is 1. The zero-order chi connectivity index (χ0) is 26.3. The predicted molar refractivity (Wildman–Crippen MR) is 149 cm³/mol. The van der Waals surface area contributed by atoms with Crippen molar-refractivity contribution in [1.29, 1.82) is 0 Å². The molecule has 3 aliphatic rings. The topological polar surface area (TPSA) is 99.2 Å². The summed E-state index contributed by atoms with van der Waals surface area (Å²) in [6, 6.07) is 9.88. The Morgan fingerprint density at radius 3 is 2.49 bits per heavy atom. The van der Waals surface area contributed by atoms with Gasteiger partial charge in [0.1, 0.15) is 10.7 Å². The molecule has 1 unspecified atom stereocenters. The number of carboxylic acid groups (broad SMARTS) is 1. The van der Waals surface area contributed by atoms with Gasteiger partial charge in [-0.1, -0.05) is 31.2 Å². The summed E-state index contributed by atoms with van der Waals surface area (Å²) < 4.78 is 0. The molecule has 5 rings (SSSR count). The number of thiophene rings is 1. The average molecular weight is 519 g/mol. The van der Waals surface area contributed by atoms with Crippen molar-refractivity contribution in [3.05, 3.63) is 64.8 Å². The van der Waals surface area contributed by atoms with Crippen molar-refractivity contribution in [1.82, 2.24) is 4.90 Å². The highest BCUT2D eigenvalue weighted by molar-refractivity contribution is 7.18. The van der Waals surface area contributed by atoms with E-state index in [2.05, 4.69) is 11.8 Å². The fourth-order valence-corrected chi connectivity index (χ4v) is 6.46. The van der Waals surface area contributed by atoms with Crippen LogP contribution < -0.4 is 10.6 Å². The van der Waals surface area contributed by atoms with Gasteiger partial charge in [0.15, 0.2) is 0 Å². The maximum absolute atomic E-state index is 13.6. The van der Waals surface area contributed by atoms with Gasteiger partial charge in [0.2, 0.25) is 5.91 Å². The Bertz CT molecular complexity index is 1280. The molecule has 37 heavy (non-hydrogen) atoms. The molecule has 7 nitrogen and oxygen atoms in total. The maximum atomic E-state index is 13.6. The number of fused-ring (bicyclic) bond motifs is 1. The van der Waals surface area contributed by atoms with Gasteiger partial charge in [-0.15, -0.1) is 11.3 Å². The molecule has 2 aromatic rings. The van der Waals surface area contributed by atoms with Crippen molar-refractivity contribution in [2.45, 2.75) is 58.5 Å². The minimum Gasteiger partial charge on any atom is -0.477 e. The minimum atomic E-state index is -1.00. The smallest absolute Gasteiger partial charge is 0.348 e. The maximum Gasteiger partial charge on any atom is 0.348 e. The van der Waals surface area contributed by atoms with Crippen molar-refractivity contribution in [2.75, 3.05) is 11.4 Å². The monoisotopic (exact) mass is 518 g/mol. The van der Waals surface area contributed by atoms with Crippen molar-refractivity contribution in [3.8, 4) is 10.4 Å². The van der Waals surface area contributed by atoms with E-state index in [4.69, 9.17) is 10.7 Å². The number of hydrogen-bond acceptors (Lipinski definition) is 6. The molecular formula is C29H34N4O3S. The Balaban J connectivity index is 1.40. The number of allylic oxidation sites excluding steroid dienone is 1. The lowest BCUT2D eigenvalue weighted by atomic mass is 9.82. The van der Waals surface area contributed by atoms with Crippen LogP contribution in [0.2, 0.25) is 0 Å². The van der Waals surface area contributed by atoms with Crippen molar-refractivity contribution in [3.63, 3.8) is 0 Å². The molecule has 0 saturated heterocycles. The first kappa shape index (κ1) is 25.3. The molecule has 3 N–H and O–H groups in total. The zero-order valence-electron chi connectivity index (χ0n) is 21.6. The number of nitrogens with zero attached hydrogens (tertiary/aromatic N) is 3. The molecule has 3 heterocycles. The summed E-state index contributed by atoms with van der Waals surface area (Å²) in [5.74, 6) is 0.547. The molecule has 1 aliphatic carbocycles. The number of benzene rings is 1. The number of carbonyl (C=O) groups excluding carboxylic acids is 1. The number of aliphatic imine (C=N–C) groups is 1. The molecule has 0 spiro atoms. The van der Waals surface area contributed by atoms with Crippen molar-refractivity contribution < 1.29 is 14.7 Å². The van der Waals surface area contributed by atoms with Gasteiger partial charge in [-0.05, 0) is 74.8 Å². The van der Waals surface area contributed by atoms with Crippen LogP contribution in [0.3, 0.4) is 0 Å². The van der Waals surface area contributed by atoms with E-state index in [-0.39, 0.29) is 28.8 Å². The molecule has 194 valence electrons. The first-order chi connectivity index (χ1) is 17.7. The highest BCUT2D eigenvalue weighted by Crippen LogP contribution is 2.40. The second-order valence-corrected chi connectivity index (χ2v) is 11.7. The van der Waals surface area contributed by atoms with Crippen molar-refractivity contribution in [2.24, 2.45) is 22.6 Å². The Kier molecular flexibility index (Phi) is 6.94. The van der Waals surface area contributed by atoms with E-state index in [0.29, 0.717) is 17.3 Å². The number of carbonyl (C=O) groups is 2. The lowest BCUT2D eigenvalue weighted by Gasteiger charge is -2.33. The SMILES string of the molecule is CC1CCC(C(=O)N(c2cc(-c3ccc(C4CN5C=C(N)C=CC5=N4)cc3)sc2C(=O)O)C(C)C)CC1. The number of rotatable bonds is 6. The van der Waals surface area contributed by atoms with Gasteiger partial charge in [-0.25, -0.2) is 4.79 Å². The van der Waals surface area contributed by atoms with E-state index >= 15 is 0 Å². The molecule has 0 radical (unpaired) electrons. The summed E-state index contributed by atoms with van der Waals surface area (Å²) in [7, 11) is 0. The summed E-state index contributed by atoms with van der Waals surface area (Å²) in [5.41, 5.74) is 9.15. The number of hydrogen-bond donors (Lipinski definition) is 2. The third-order valence-electron chi connectivity index (χ3n) is 7.55. The van der Waals surface area contributed by atoms with Gasteiger partial charge in [0, 0.05) is 28.7 Å². The first-order valence-electron chi connectivity index (χ1n) is 13.0. The van der Waals surface area contributed by atoms with Crippen LogP contribution in [0.5, 0.6) is 0 Å². The minimum absolute atomic E-state index is 0.0107. The van der Waals surface area contributed by atoms with Gasteiger partial charge < -0.3 is 20.6 Å². The van der Waals surface area contributed by atoms with Gasteiger partial charge >= 0.3 is 5.97 Å². The summed E-state index contributed by atoms with van der Waals surface area (Å²) in [6.07, 6.45) is 9.51. The van der Waals surface area contributed by atoms with E-state index in [9.17, 15) is 14.7 Å². The second-order valence-electron chi connectivity index (χ2n) is 10.6. The molecule has 2 aliphatic heterocycles. The van der Waals surface area contributed by atoms with E-state index in [0.717, 1.165) is 54.1 Å². The number of anilines is 1. The van der Waals surface area contributed by atoms with Crippen LogP contribution >= 0.6 is 11.3 Å². The standard InChI is InChI=1S/C29H34N4O3S/c1-17(2)33(28(34)21-6-4-18(3)5-7-21)24-14-25(37-27(24)29(35)36)20-10-8-19(9-11-20)23-16-32-15-22(30)12-13-26(32)31-23/h8-15,17-18,21,23H,4-7,16,30H2,1-3H3,(H,35,36). The summed E-state index contributed by atoms with van der Waals surface area (Å²) in [6.45, 7) is 6.87. The van der Waals surface area contributed by atoms with E-state index in [1.807, 2.05) is 62.5 Å². The molecule has 8 heteroatoms. The summed E-state index contributed by atoms with van der Waals surface area (Å²) in [4.78, 5) is 35.5. The van der Waals surface area contributed by atoms with Crippen LogP contribution in [0.15, 0.2) is 59.4 Å². The highest BCUT2D eigenvalue weighted by atomic mass is 32.1. The van der Waals surface area contributed by atoms with E-state index in [1.165, 1.54) is 11.3 Å². The zero-order valence-corrected chi connectivity index (χ0v) is 22.4. The van der Waals surface area contributed by atoms with Gasteiger partial charge in [0.05, 0.1) is 18.3 Å². The Labute approximate surface area is 222 Å². The molecule has 0 bridgehead atoms. The first-order valence-corrected chi connectivity index (χ1v) is 13.8. The largest absolute Gasteiger partial charge is 0.477 e. The molecule has 1 aromatic heterocycles. The van der Waals surface area contributed by atoms with Gasteiger partial charge in [-0.2, -0.15) is 0 Å². The second kappa shape index (κ2) is 10.2. The van der Waals surface area contributed by atoms with Crippen molar-refractivity contribution >= 4 is 34.7 Å². The number of aromatic carboxylic acids is 1. The fraction of sp³-hybridized carbons (Fsp3) is 0.414. The molecule has 1 aromatic carbocycles. The number of amides is 1. The Hall–Kier alpha value is -3.39. The highest BCUT2D eigenvalue weighted by Gasteiger charge is 2.33.